The molecule has 1 aliphatic carbocycles. The van der Waals surface area contributed by atoms with Crippen LogP contribution in [0.2, 0.25) is 0 Å². The minimum Gasteiger partial charge on any atom is -0.319 e. The first-order chi connectivity index (χ1) is 7.35. The molecule has 0 amide bonds. The Morgan fingerprint density at radius 1 is 1.40 bits per heavy atom. The normalized spacial score (nSPS) is 20.3. The summed E-state index contributed by atoms with van der Waals surface area (Å²) in [6.07, 6.45) is 10.3. The summed E-state index contributed by atoms with van der Waals surface area (Å²) in [5, 5.41) is 3.37. The fourth-order valence-corrected chi connectivity index (χ4v) is 3.56. The number of nitrogens with zero attached hydrogens (tertiary/aromatic N) is 1. The number of rotatable bonds is 4. The van der Waals surface area contributed by atoms with Gasteiger partial charge in [-0.25, -0.2) is 0 Å². The summed E-state index contributed by atoms with van der Waals surface area (Å²) in [5.41, 5.74) is 2.46. The third-order valence-electron chi connectivity index (χ3n) is 3.50. The number of hydrogen-bond donors (Lipinski definition) is 1. The van der Waals surface area contributed by atoms with E-state index in [1.54, 1.807) is 11.3 Å². The van der Waals surface area contributed by atoms with Crippen molar-refractivity contribution < 1.29 is 0 Å². The molecule has 0 atom stereocenters. The molecule has 1 aromatic heterocycles. The van der Waals surface area contributed by atoms with Crippen LogP contribution in [0.5, 0.6) is 0 Å². The number of aromatic nitrogens is 1. The zero-order valence-corrected chi connectivity index (χ0v) is 10.3. The lowest BCUT2D eigenvalue weighted by Gasteiger charge is -2.37. The first-order valence-electron chi connectivity index (χ1n) is 5.87. The van der Waals surface area contributed by atoms with Gasteiger partial charge >= 0.3 is 0 Å². The molecule has 0 aliphatic heterocycles. The van der Waals surface area contributed by atoms with Crippen LogP contribution in [0.25, 0.3) is 0 Å². The summed E-state index contributed by atoms with van der Waals surface area (Å²) < 4.78 is 0. The summed E-state index contributed by atoms with van der Waals surface area (Å²) in [6, 6.07) is 0. The van der Waals surface area contributed by atoms with Gasteiger partial charge in [-0.05, 0) is 31.7 Å². The van der Waals surface area contributed by atoms with Gasteiger partial charge in [0.25, 0.3) is 0 Å². The Bertz CT molecular complexity index is 270. The summed E-state index contributed by atoms with van der Waals surface area (Å²) in [4.78, 5) is 5.63. The van der Waals surface area contributed by atoms with E-state index in [-0.39, 0.29) is 0 Å². The number of hydrogen-bond acceptors (Lipinski definition) is 3. The maximum absolute atomic E-state index is 4.18. The summed E-state index contributed by atoms with van der Waals surface area (Å²) in [6.45, 7) is 1.16. The molecule has 2 nitrogen and oxygen atoms in total. The van der Waals surface area contributed by atoms with Gasteiger partial charge < -0.3 is 5.32 Å². The minimum absolute atomic E-state index is 0.513. The van der Waals surface area contributed by atoms with Crippen LogP contribution in [-0.4, -0.2) is 18.6 Å². The van der Waals surface area contributed by atoms with Gasteiger partial charge in [-0.3, -0.25) is 4.98 Å². The Morgan fingerprint density at radius 2 is 2.20 bits per heavy atom. The molecule has 3 heteroatoms. The second-order valence-electron chi connectivity index (χ2n) is 4.74. The average Bonchev–Trinajstić information content (AvgIpc) is 2.72. The Labute approximate surface area is 96.1 Å². The molecule has 15 heavy (non-hydrogen) atoms. The highest BCUT2D eigenvalue weighted by Gasteiger charge is 2.31. The molecule has 1 aromatic rings. The van der Waals surface area contributed by atoms with Gasteiger partial charge in [0.15, 0.2) is 0 Å². The van der Waals surface area contributed by atoms with Crippen molar-refractivity contribution in [2.45, 2.75) is 38.5 Å². The van der Waals surface area contributed by atoms with E-state index in [9.17, 15) is 0 Å². The molecular formula is C12H20N2S. The SMILES string of the molecule is CNCC1(Cc2cncs2)CCCCC1. The maximum Gasteiger partial charge on any atom is 0.0794 e. The standard InChI is InChI=1S/C12H20N2S/c1-13-9-12(5-3-2-4-6-12)7-11-8-14-10-15-11/h8,10,13H,2-7,9H2,1H3. The smallest absolute Gasteiger partial charge is 0.0794 e. The van der Waals surface area contributed by atoms with Crippen LogP contribution in [0.4, 0.5) is 0 Å². The van der Waals surface area contributed by atoms with Crippen molar-refractivity contribution in [3.8, 4) is 0 Å². The third kappa shape index (κ3) is 2.79. The van der Waals surface area contributed by atoms with Crippen molar-refractivity contribution in [1.82, 2.24) is 10.3 Å². The van der Waals surface area contributed by atoms with E-state index in [1.807, 2.05) is 11.7 Å². The fraction of sp³-hybridized carbons (Fsp3) is 0.750. The lowest BCUT2D eigenvalue weighted by Crippen LogP contribution is -2.36. The average molecular weight is 224 g/mol. The van der Waals surface area contributed by atoms with E-state index in [4.69, 9.17) is 0 Å². The molecule has 0 saturated heterocycles. The third-order valence-corrected chi connectivity index (χ3v) is 4.28. The predicted molar refractivity (Wildman–Crippen MR) is 65.3 cm³/mol. The van der Waals surface area contributed by atoms with Crippen molar-refractivity contribution >= 4 is 11.3 Å². The molecule has 1 fully saturated rings. The van der Waals surface area contributed by atoms with Gasteiger partial charge in [0, 0.05) is 17.6 Å². The summed E-state index contributed by atoms with van der Waals surface area (Å²) in [5.74, 6) is 0. The topological polar surface area (TPSA) is 24.9 Å². The molecule has 84 valence electrons. The summed E-state index contributed by atoms with van der Waals surface area (Å²) >= 11 is 1.80. The van der Waals surface area contributed by atoms with E-state index in [1.165, 1.54) is 43.4 Å². The second kappa shape index (κ2) is 5.08. The molecule has 0 bridgehead atoms. The van der Waals surface area contributed by atoms with Gasteiger partial charge in [-0.2, -0.15) is 0 Å². The van der Waals surface area contributed by atoms with Crippen LogP contribution in [0.15, 0.2) is 11.7 Å². The molecule has 0 aromatic carbocycles. The van der Waals surface area contributed by atoms with E-state index in [0.29, 0.717) is 5.41 Å². The van der Waals surface area contributed by atoms with Gasteiger partial charge in [-0.15, -0.1) is 11.3 Å². The molecule has 1 N–H and O–H groups in total. The minimum atomic E-state index is 0.513. The lowest BCUT2D eigenvalue weighted by molar-refractivity contribution is 0.186. The largest absolute Gasteiger partial charge is 0.319 e. The second-order valence-corrected chi connectivity index (χ2v) is 5.71. The number of nitrogens with one attached hydrogen (secondary N) is 1. The van der Waals surface area contributed by atoms with Crippen LogP contribution >= 0.6 is 11.3 Å². The van der Waals surface area contributed by atoms with Crippen LogP contribution in [0.3, 0.4) is 0 Å². The van der Waals surface area contributed by atoms with Crippen molar-refractivity contribution in [3.05, 3.63) is 16.6 Å². The highest BCUT2D eigenvalue weighted by atomic mass is 32.1. The lowest BCUT2D eigenvalue weighted by atomic mass is 9.71. The van der Waals surface area contributed by atoms with Gasteiger partial charge in [0.2, 0.25) is 0 Å². The van der Waals surface area contributed by atoms with Crippen molar-refractivity contribution in [1.29, 1.82) is 0 Å². The van der Waals surface area contributed by atoms with E-state index >= 15 is 0 Å². The van der Waals surface area contributed by atoms with E-state index < -0.39 is 0 Å². The maximum atomic E-state index is 4.18. The van der Waals surface area contributed by atoms with Crippen LogP contribution in [0.1, 0.15) is 37.0 Å². The fourth-order valence-electron chi connectivity index (χ4n) is 2.79. The molecular weight excluding hydrogens is 204 g/mol. The predicted octanol–water partition coefficient (Wildman–Crippen LogP) is 2.86. The molecule has 1 heterocycles. The Hall–Kier alpha value is -0.410. The van der Waals surface area contributed by atoms with E-state index in [2.05, 4.69) is 17.3 Å². The molecule has 0 unspecified atom stereocenters. The van der Waals surface area contributed by atoms with Crippen LogP contribution in [-0.2, 0) is 6.42 Å². The summed E-state index contributed by atoms with van der Waals surface area (Å²) in [7, 11) is 2.07. The van der Waals surface area contributed by atoms with Gasteiger partial charge in [-0.1, -0.05) is 19.3 Å². The van der Waals surface area contributed by atoms with Crippen LogP contribution < -0.4 is 5.32 Å². The monoisotopic (exact) mass is 224 g/mol. The first kappa shape index (κ1) is 11.1. The molecule has 1 saturated carbocycles. The van der Waals surface area contributed by atoms with Crippen molar-refractivity contribution in [3.63, 3.8) is 0 Å². The Morgan fingerprint density at radius 3 is 2.80 bits per heavy atom. The highest BCUT2D eigenvalue weighted by molar-refractivity contribution is 7.09. The molecule has 0 spiro atoms. The van der Waals surface area contributed by atoms with Crippen molar-refractivity contribution in [2.24, 2.45) is 5.41 Å². The molecule has 2 rings (SSSR count). The van der Waals surface area contributed by atoms with Crippen LogP contribution in [0, 0.1) is 5.41 Å². The Kier molecular flexibility index (Phi) is 3.76. The Balaban J connectivity index is 2.04. The van der Waals surface area contributed by atoms with E-state index in [0.717, 1.165) is 6.54 Å². The molecule has 0 radical (unpaired) electrons. The van der Waals surface area contributed by atoms with Crippen molar-refractivity contribution in [2.75, 3.05) is 13.6 Å². The molecule has 1 aliphatic rings. The van der Waals surface area contributed by atoms with Gasteiger partial charge in [0.05, 0.1) is 5.51 Å². The zero-order valence-electron chi connectivity index (χ0n) is 9.46. The zero-order chi connectivity index (χ0) is 10.6. The van der Waals surface area contributed by atoms with Gasteiger partial charge in [0.1, 0.15) is 0 Å². The quantitative estimate of drug-likeness (QED) is 0.850. The highest BCUT2D eigenvalue weighted by Crippen LogP contribution is 2.39. The first-order valence-corrected chi connectivity index (χ1v) is 6.75. The number of thiazole rings is 1.